The smallest absolute Gasteiger partial charge is 0.344 e. The summed E-state index contributed by atoms with van der Waals surface area (Å²) in [5.41, 5.74) is -0.668. The van der Waals surface area contributed by atoms with E-state index in [-0.39, 0.29) is 38.8 Å². The molecule has 0 aliphatic rings. The number of aromatic hydroxyl groups is 2. The van der Waals surface area contributed by atoms with Gasteiger partial charge in [-0.25, -0.2) is 9.59 Å². The van der Waals surface area contributed by atoms with Crippen LogP contribution in [0, 0.1) is 13.8 Å². The summed E-state index contributed by atoms with van der Waals surface area (Å²) in [6, 6.07) is 10.9. The second-order valence-electron chi connectivity index (χ2n) is 8.19. The van der Waals surface area contributed by atoms with Crippen LogP contribution in [-0.2, 0) is 0 Å². The Balaban J connectivity index is 1.91. The molecule has 2 aromatic carbocycles. The molecule has 35 heavy (non-hydrogen) atoms. The van der Waals surface area contributed by atoms with Crippen molar-refractivity contribution in [1.82, 2.24) is 4.98 Å². The highest BCUT2D eigenvalue weighted by Crippen LogP contribution is 2.42. The fourth-order valence-electron chi connectivity index (χ4n) is 4.14. The van der Waals surface area contributed by atoms with Gasteiger partial charge in [-0.15, -0.1) is 0 Å². The summed E-state index contributed by atoms with van der Waals surface area (Å²) >= 11 is 12.5. The van der Waals surface area contributed by atoms with Crippen LogP contribution in [0.2, 0.25) is 10.0 Å². The molecule has 9 heteroatoms. The zero-order valence-corrected chi connectivity index (χ0v) is 19.9. The number of halogens is 2. The zero-order valence-electron chi connectivity index (χ0n) is 18.4. The van der Waals surface area contributed by atoms with E-state index >= 15 is 0 Å². The van der Waals surface area contributed by atoms with Crippen molar-refractivity contribution in [1.29, 1.82) is 0 Å². The van der Waals surface area contributed by atoms with E-state index in [9.17, 15) is 19.8 Å². The zero-order chi connectivity index (χ0) is 25.0. The first-order chi connectivity index (χ1) is 16.7. The highest BCUT2D eigenvalue weighted by atomic mass is 35.5. The van der Waals surface area contributed by atoms with Gasteiger partial charge in [0.1, 0.15) is 22.7 Å². The molecule has 7 nitrogen and oxygen atoms in total. The van der Waals surface area contributed by atoms with Crippen molar-refractivity contribution in [2.24, 2.45) is 0 Å². The van der Waals surface area contributed by atoms with Crippen molar-refractivity contribution < 1.29 is 19.0 Å². The number of hydrogen-bond acceptors (Lipinski definition) is 7. The van der Waals surface area contributed by atoms with Gasteiger partial charge in [-0.1, -0.05) is 29.3 Å². The largest absolute Gasteiger partial charge is 0.507 e. The number of fused-ring (bicyclic) bond motifs is 2. The molecule has 0 aliphatic heterocycles. The topological polar surface area (TPSA) is 114 Å². The average Bonchev–Trinajstić information content (AvgIpc) is 2.81. The Labute approximate surface area is 207 Å². The van der Waals surface area contributed by atoms with Gasteiger partial charge < -0.3 is 19.0 Å². The summed E-state index contributed by atoms with van der Waals surface area (Å²) in [6.45, 7) is 3.46. The maximum atomic E-state index is 13.2. The van der Waals surface area contributed by atoms with E-state index in [0.717, 1.165) is 0 Å². The van der Waals surface area contributed by atoms with Crippen LogP contribution in [-0.4, -0.2) is 15.2 Å². The summed E-state index contributed by atoms with van der Waals surface area (Å²) < 4.78 is 11.0. The lowest BCUT2D eigenvalue weighted by atomic mass is 9.87. The minimum Gasteiger partial charge on any atom is -0.507 e. The second-order valence-corrected chi connectivity index (χ2v) is 9.00. The first-order valence-corrected chi connectivity index (χ1v) is 11.3. The van der Waals surface area contributed by atoms with Crippen LogP contribution in [0.15, 0.2) is 67.1 Å². The molecule has 0 spiro atoms. The molecule has 5 aromatic rings. The minimum atomic E-state index is -1.32. The van der Waals surface area contributed by atoms with Gasteiger partial charge in [0.15, 0.2) is 0 Å². The van der Waals surface area contributed by atoms with Gasteiger partial charge in [0.2, 0.25) is 0 Å². The van der Waals surface area contributed by atoms with E-state index in [4.69, 9.17) is 32.0 Å². The van der Waals surface area contributed by atoms with Crippen LogP contribution in [0.25, 0.3) is 21.9 Å². The Hall–Kier alpha value is -3.81. The Bertz CT molecular complexity index is 1650. The number of aromatic nitrogens is 1. The number of nitrogens with zero attached hydrogens (tertiary/aromatic N) is 1. The maximum Gasteiger partial charge on any atom is 0.344 e. The summed E-state index contributed by atoms with van der Waals surface area (Å²) in [5, 5.41) is 23.5. The van der Waals surface area contributed by atoms with Gasteiger partial charge in [0.25, 0.3) is 0 Å². The molecule has 0 bridgehead atoms. The predicted molar refractivity (Wildman–Crippen MR) is 133 cm³/mol. The number of hydrogen-bond donors (Lipinski definition) is 2. The standard InChI is InChI=1S/C26H17Cl2NO6/c1-11-7-18-13(9-15(11)27)23(30)21(25(32)34-18)20(17-5-3-4-6-29-17)22-24(31)14-10-16(28)12(2)8-19(14)35-26(22)33/h3-10,20,30-31H,1-2H3. The Morgan fingerprint density at radius 3 is 1.71 bits per heavy atom. The molecule has 3 aromatic heterocycles. The van der Waals surface area contributed by atoms with E-state index in [1.54, 1.807) is 32.0 Å². The highest BCUT2D eigenvalue weighted by Gasteiger charge is 2.33. The van der Waals surface area contributed by atoms with Crippen molar-refractivity contribution in [2.45, 2.75) is 19.8 Å². The third-order valence-electron chi connectivity index (χ3n) is 5.95. The molecular weight excluding hydrogens is 493 g/mol. The van der Waals surface area contributed by atoms with Gasteiger partial charge in [-0.2, -0.15) is 0 Å². The van der Waals surface area contributed by atoms with Crippen LogP contribution in [0.3, 0.4) is 0 Å². The van der Waals surface area contributed by atoms with Crippen LogP contribution >= 0.6 is 23.2 Å². The molecule has 0 saturated heterocycles. The third kappa shape index (κ3) is 3.73. The minimum absolute atomic E-state index is 0.120. The fourth-order valence-corrected chi connectivity index (χ4v) is 4.47. The molecule has 0 amide bonds. The Morgan fingerprint density at radius 2 is 1.29 bits per heavy atom. The quantitative estimate of drug-likeness (QED) is 0.295. The van der Waals surface area contributed by atoms with Crippen molar-refractivity contribution >= 4 is 45.1 Å². The van der Waals surface area contributed by atoms with Gasteiger partial charge in [0.05, 0.1) is 33.5 Å². The first kappa shape index (κ1) is 23.0. The summed E-state index contributed by atoms with van der Waals surface area (Å²) in [4.78, 5) is 30.7. The van der Waals surface area contributed by atoms with Gasteiger partial charge in [0, 0.05) is 16.2 Å². The third-order valence-corrected chi connectivity index (χ3v) is 6.76. The fraction of sp³-hybridized carbons (Fsp3) is 0.115. The van der Waals surface area contributed by atoms with Crippen LogP contribution < -0.4 is 11.3 Å². The van der Waals surface area contributed by atoms with E-state index < -0.39 is 28.7 Å². The van der Waals surface area contributed by atoms with Crippen LogP contribution in [0.1, 0.15) is 33.9 Å². The molecule has 0 atom stereocenters. The van der Waals surface area contributed by atoms with Gasteiger partial charge >= 0.3 is 11.3 Å². The first-order valence-electron chi connectivity index (χ1n) is 10.5. The average molecular weight is 510 g/mol. The number of pyridine rings is 1. The normalized spacial score (nSPS) is 11.6. The molecule has 2 N–H and O–H groups in total. The van der Waals surface area contributed by atoms with Crippen LogP contribution in [0.4, 0.5) is 0 Å². The number of aryl methyl sites for hydroxylation is 2. The molecular formula is C26H17Cl2NO6. The SMILES string of the molecule is Cc1cc2oc(=O)c(C(c3ccccn3)c3c(O)c4cc(Cl)c(C)cc4oc3=O)c(O)c2cc1Cl. The lowest BCUT2D eigenvalue weighted by Crippen LogP contribution is -2.22. The monoisotopic (exact) mass is 509 g/mol. The van der Waals surface area contributed by atoms with Crippen LogP contribution in [0.5, 0.6) is 11.5 Å². The molecule has 0 saturated carbocycles. The van der Waals surface area contributed by atoms with E-state index in [1.807, 2.05) is 0 Å². The summed E-state index contributed by atoms with van der Waals surface area (Å²) in [6.07, 6.45) is 1.46. The molecule has 176 valence electrons. The van der Waals surface area contributed by atoms with Crippen molar-refractivity contribution in [3.8, 4) is 11.5 Å². The number of benzene rings is 2. The van der Waals surface area contributed by atoms with Gasteiger partial charge in [-0.3, -0.25) is 4.98 Å². The lowest BCUT2D eigenvalue weighted by molar-refractivity contribution is 0.440. The lowest BCUT2D eigenvalue weighted by Gasteiger charge is -2.19. The molecule has 3 heterocycles. The Morgan fingerprint density at radius 1 is 0.800 bits per heavy atom. The summed E-state index contributed by atoms with van der Waals surface area (Å²) in [5.74, 6) is -2.22. The number of rotatable bonds is 3. The highest BCUT2D eigenvalue weighted by molar-refractivity contribution is 6.32. The predicted octanol–water partition coefficient (Wildman–Crippen LogP) is 5.81. The Kier molecular flexibility index (Phi) is 5.54. The van der Waals surface area contributed by atoms with Crippen molar-refractivity contribution in [3.63, 3.8) is 0 Å². The van der Waals surface area contributed by atoms with Crippen molar-refractivity contribution in [2.75, 3.05) is 0 Å². The second kappa shape index (κ2) is 8.45. The maximum absolute atomic E-state index is 13.2. The van der Waals surface area contributed by atoms with E-state index in [1.165, 1.54) is 30.5 Å². The molecule has 5 rings (SSSR count). The summed E-state index contributed by atoms with van der Waals surface area (Å²) in [7, 11) is 0. The molecule has 0 fully saturated rings. The van der Waals surface area contributed by atoms with Gasteiger partial charge in [-0.05, 0) is 61.4 Å². The van der Waals surface area contributed by atoms with E-state index in [0.29, 0.717) is 21.2 Å². The van der Waals surface area contributed by atoms with E-state index in [2.05, 4.69) is 4.98 Å². The molecule has 0 unspecified atom stereocenters. The van der Waals surface area contributed by atoms with Crippen molar-refractivity contribution in [3.05, 3.63) is 107 Å². The molecule has 0 aliphatic carbocycles. The molecule has 0 radical (unpaired) electrons.